The van der Waals surface area contributed by atoms with E-state index in [0.29, 0.717) is 6.61 Å². The van der Waals surface area contributed by atoms with Crippen molar-refractivity contribution in [3.8, 4) is 5.75 Å². The van der Waals surface area contributed by atoms with Crippen LogP contribution in [0.3, 0.4) is 0 Å². The van der Waals surface area contributed by atoms with Gasteiger partial charge in [0.25, 0.3) is 0 Å². The van der Waals surface area contributed by atoms with Gasteiger partial charge in [0, 0.05) is 19.2 Å². The van der Waals surface area contributed by atoms with Gasteiger partial charge in [-0.1, -0.05) is 30.3 Å². The maximum atomic E-state index is 12.6. The molecule has 0 aromatic heterocycles. The lowest BCUT2D eigenvalue weighted by Gasteiger charge is -2.26. The average molecular weight is 311 g/mol. The van der Waals surface area contributed by atoms with Crippen molar-refractivity contribution in [3.05, 3.63) is 59.7 Å². The second-order valence-corrected chi connectivity index (χ2v) is 6.16. The molecule has 2 aromatic carbocycles. The van der Waals surface area contributed by atoms with Crippen LogP contribution in [0.2, 0.25) is 0 Å². The number of nitrogens with zero attached hydrogens (tertiary/aromatic N) is 1. The zero-order chi connectivity index (χ0) is 16.4. The highest BCUT2D eigenvalue weighted by atomic mass is 16.5. The minimum atomic E-state index is -1.19. The minimum absolute atomic E-state index is 0.0289. The van der Waals surface area contributed by atoms with E-state index >= 15 is 0 Å². The van der Waals surface area contributed by atoms with Crippen molar-refractivity contribution in [1.29, 1.82) is 0 Å². The van der Waals surface area contributed by atoms with E-state index in [9.17, 15) is 9.90 Å². The van der Waals surface area contributed by atoms with Crippen molar-refractivity contribution in [3.63, 3.8) is 0 Å². The first-order chi connectivity index (χ1) is 11.0. The first-order valence-corrected chi connectivity index (χ1v) is 7.77. The van der Waals surface area contributed by atoms with Crippen LogP contribution in [0.5, 0.6) is 5.75 Å². The molecule has 0 saturated heterocycles. The first kappa shape index (κ1) is 15.6. The first-order valence-electron chi connectivity index (χ1n) is 7.77. The number of hydrogen-bond donors (Lipinski definition) is 1. The third-order valence-corrected chi connectivity index (χ3v) is 4.33. The van der Waals surface area contributed by atoms with Crippen LogP contribution in [-0.2, 0) is 16.8 Å². The Hall–Kier alpha value is -2.33. The summed E-state index contributed by atoms with van der Waals surface area (Å²) in [7, 11) is 1.74. The largest absolute Gasteiger partial charge is 0.493 e. The fraction of sp³-hybridized carbons (Fsp3) is 0.316. The Balaban J connectivity index is 1.75. The molecule has 4 nitrogen and oxygen atoms in total. The average Bonchev–Trinajstić information content (AvgIpc) is 3.02. The maximum absolute atomic E-state index is 12.6. The molecular weight excluding hydrogens is 290 g/mol. The highest BCUT2D eigenvalue weighted by Gasteiger charge is 2.28. The van der Waals surface area contributed by atoms with Crippen molar-refractivity contribution in [2.45, 2.75) is 25.4 Å². The van der Waals surface area contributed by atoms with Crippen molar-refractivity contribution in [2.24, 2.45) is 0 Å². The number of anilines is 1. The summed E-state index contributed by atoms with van der Waals surface area (Å²) in [4.78, 5) is 14.2. The predicted molar refractivity (Wildman–Crippen MR) is 89.7 cm³/mol. The number of ether oxygens (including phenoxy) is 1. The van der Waals surface area contributed by atoms with Crippen LogP contribution >= 0.6 is 0 Å². The number of rotatable bonds is 4. The monoisotopic (exact) mass is 311 g/mol. The minimum Gasteiger partial charge on any atom is -0.493 e. The number of carbonyl (C=O) groups excluding carboxylic acids is 1. The highest BCUT2D eigenvalue weighted by Crippen LogP contribution is 2.31. The van der Waals surface area contributed by atoms with Crippen LogP contribution in [0.15, 0.2) is 48.5 Å². The van der Waals surface area contributed by atoms with Gasteiger partial charge in [-0.2, -0.15) is 0 Å². The molecular formula is C19H21NO3. The van der Waals surface area contributed by atoms with Crippen molar-refractivity contribution >= 4 is 11.6 Å². The molecule has 0 bridgehead atoms. The molecule has 1 N–H and O–H groups in total. The molecule has 1 aliphatic heterocycles. The van der Waals surface area contributed by atoms with E-state index in [-0.39, 0.29) is 12.3 Å². The molecule has 0 saturated carbocycles. The van der Waals surface area contributed by atoms with Crippen LogP contribution in [-0.4, -0.2) is 24.7 Å². The molecule has 2 aromatic rings. The Labute approximate surface area is 136 Å². The smallest absolute Gasteiger partial charge is 0.229 e. The molecule has 0 fully saturated rings. The topological polar surface area (TPSA) is 49.8 Å². The molecule has 0 radical (unpaired) electrons. The van der Waals surface area contributed by atoms with Crippen LogP contribution in [0.4, 0.5) is 5.69 Å². The van der Waals surface area contributed by atoms with Gasteiger partial charge in [-0.15, -0.1) is 0 Å². The fourth-order valence-corrected chi connectivity index (χ4v) is 2.84. The van der Waals surface area contributed by atoms with Crippen LogP contribution < -0.4 is 9.64 Å². The number of benzene rings is 2. The molecule has 0 spiro atoms. The van der Waals surface area contributed by atoms with Gasteiger partial charge in [0.15, 0.2) is 0 Å². The number of aliphatic hydroxyl groups is 1. The third-order valence-electron chi connectivity index (χ3n) is 4.33. The van der Waals surface area contributed by atoms with Crippen molar-refractivity contribution in [2.75, 3.05) is 18.6 Å². The predicted octanol–water partition coefficient (Wildman–Crippen LogP) is 2.88. The van der Waals surface area contributed by atoms with E-state index in [1.807, 2.05) is 48.5 Å². The fourth-order valence-electron chi connectivity index (χ4n) is 2.84. The molecule has 0 unspecified atom stereocenters. The normalized spacial score (nSPS) is 15.4. The summed E-state index contributed by atoms with van der Waals surface area (Å²) in [6.45, 7) is 2.36. The number of amides is 1. The zero-order valence-electron chi connectivity index (χ0n) is 13.5. The summed E-state index contributed by atoms with van der Waals surface area (Å²) in [5.74, 6) is 0.767. The second kappa shape index (κ2) is 6.05. The van der Waals surface area contributed by atoms with Crippen LogP contribution in [0, 0.1) is 0 Å². The van der Waals surface area contributed by atoms with Gasteiger partial charge in [0.05, 0.1) is 18.6 Å². The Morgan fingerprint density at radius 1 is 1.26 bits per heavy atom. The highest BCUT2D eigenvalue weighted by molar-refractivity contribution is 5.93. The number of hydrogen-bond acceptors (Lipinski definition) is 3. The molecule has 1 aliphatic rings. The molecule has 1 heterocycles. The van der Waals surface area contributed by atoms with E-state index in [4.69, 9.17) is 4.74 Å². The Morgan fingerprint density at radius 2 is 2.00 bits per heavy atom. The Morgan fingerprint density at radius 3 is 2.74 bits per heavy atom. The summed E-state index contributed by atoms with van der Waals surface area (Å²) < 4.78 is 5.49. The second-order valence-electron chi connectivity index (χ2n) is 6.16. The van der Waals surface area contributed by atoms with Crippen LogP contribution in [0.25, 0.3) is 0 Å². The lowest BCUT2D eigenvalue weighted by Crippen LogP contribution is -2.34. The van der Waals surface area contributed by atoms with E-state index in [1.165, 1.54) is 0 Å². The van der Waals surface area contributed by atoms with Crippen LogP contribution in [0.1, 0.15) is 24.5 Å². The number of carbonyl (C=O) groups is 1. The summed E-state index contributed by atoms with van der Waals surface area (Å²) in [5.41, 5.74) is 1.50. The molecule has 1 atom stereocenters. The van der Waals surface area contributed by atoms with E-state index in [1.54, 1.807) is 18.9 Å². The standard InChI is InChI=1S/C19H21NO3/c1-19(22,15-6-4-3-5-7-15)13-18(21)20(2)16-8-9-17-14(12-16)10-11-23-17/h3-9,12,22H,10-11,13H2,1-2H3/t19-/m1/s1. The maximum Gasteiger partial charge on any atom is 0.229 e. The summed E-state index contributed by atoms with van der Waals surface area (Å²) >= 11 is 0. The molecule has 120 valence electrons. The van der Waals surface area contributed by atoms with E-state index in [0.717, 1.165) is 29.0 Å². The zero-order valence-corrected chi connectivity index (χ0v) is 13.5. The van der Waals surface area contributed by atoms with Gasteiger partial charge >= 0.3 is 0 Å². The molecule has 0 aliphatic carbocycles. The van der Waals surface area contributed by atoms with Gasteiger partial charge in [-0.3, -0.25) is 4.79 Å². The number of fused-ring (bicyclic) bond motifs is 1. The Bertz CT molecular complexity index is 710. The van der Waals surface area contributed by atoms with Crippen molar-refractivity contribution in [1.82, 2.24) is 0 Å². The third kappa shape index (κ3) is 3.22. The van der Waals surface area contributed by atoms with Gasteiger partial charge in [0.1, 0.15) is 5.75 Å². The quantitative estimate of drug-likeness (QED) is 0.944. The van der Waals surface area contributed by atoms with E-state index < -0.39 is 5.60 Å². The summed E-state index contributed by atoms with van der Waals surface area (Å²) in [5, 5.41) is 10.6. The lowest BCUT2D eigenvalue weighted by molar-refractivity contribution is -0.123. The van der Waals surface area contributed by atoms with Gasteiger partial charge in [-0.05, 0) is 36.2 Å². The summed E-state index contributed by atoms with van der Waals surface area (Å²) in [6.07, 6.45) is 0.897. The summed E-state index contributed by atoms with van der Waals surface area (Å²) in [6, 6.07) is 15.0. The van der Waals surface area contributed by atoms with Gasteiger partial charge in [-0.25, -0.2) is 0 Å². The lowest BCUT2D eigenvalue weighted by atomic mass is 9.92. The molecule has 1 amide bonds. The van der Waals surface area contributed by atoms with Crippen molar-refractivity contribution < 1.29 is 14.6 Å². The SMILES string of the molecule is CN(C(=O)C[C@@](C)(O)c1ccccc1)c1ccc2c(c1)CCO2. The van der Waals surface area contributed by atoms with Gasteiger partial charge in [0.2, 0.25) is 5.91 Å². The molecule has 23 heavy (non-hydrogen) atoms. The molecule has 4 heteroatoms. The van der Waals surface area contributed by atoms with E-state index in [2.05, 4.69) is 0 Å². The van der Waals surface area contributed by atoms with Gasteiger partial charge < -0.3 is 14.7 Å². The molecule has 3 rings (SSSR count). The Kier molecular flexibility index (Phi) is 4.09.